The molecule has 146 valence electrons. The van der Waals surface area contributed by atoms with Gasteiger partial charge in [0.1, 0.15) is 11.9 Å². The molecule has 10 heteroatoms. The minimum Gasteiger partial charge on any atom is -0.351 e. The third-order valence-electron chi connectivity index (χ3n) is 4.16. The molecular weight excluding hydrogens is 376 g/mol. The molecule has 2 rings (SSSR count). The molecule has 1 aliphatic heterocycles. The van der Waals surface area contributed by atoms with E-state index in [0.717, 1.165) is 16.4 Å². The molecule has 1 atom stereocenters. The van der Waals surface area contributed by atoms with Gasteiger partial charge in [-0.05, 0) is 37.0 Å². The monoisotopic (exact) mass is 396 g/mol. The molecule has 1 unspecified atom stereocenters. The molecule has 0 spiro atoms. The van der Waals surface area contributed by atoms with Crippen LogP contribution in [0.15, 0.2) is 18.2 Å². The van der Waals surface area contributed by atoms with Crippen molar-refractivity contribution in [3.63, 3.8) is 0 Å². The molecule has 1 heterocycles. The number of hydrogen-bond acceptors (Lipinski definition) is 3. The average Bonchev–Trinajstić information content (AvgIpc) is 3.03. The third-order valence-corrected chi connectivity index (χ3v) is 6.23. The normalized spacial score (nSPS) is 18.9. The highest BCUT2D eigenvalue weighted by atomic mass is 32.2. The predicted octanol–water partition coefficient (Wildman–Crippen LogP) is 2.66. The number of carbonyl (C=O) groups is 1. The molecule has 26 heavy (non-hydrogen) atoms. The summed E-state index contributed by atoms with van der Waals surface area (Å²) in [7, 11) is -3.58. The van der Waals surface area contributed by atoms with E-state index in [1.807, 2.05) is 0 Å². The molecule has 5 nitrogen and oxygen atoms in total. The maximum absolute atomic E-state index is 13.1. The quantitative estimate of drug-likeness (QED) is 0.752. The molecule has 0 aliphatic carbocycles. The van der Waals surface area contributed by atoms with Crippen LogP contribution in [0, 0.1) is 5.82 Å². The maximum atomic E-state index is 13.1. The highest BCUT2D eigenvalue weighted by Gasteiger charge is 2.38. The average molecular weight is 396 g/mol. The van der Waals surface area contributed by atoms with Crippen LogP contribution in [0.3, 0.4) is 0 Å². The standard InChI is InChI=1S/C16H20F4N2O3S/c1-2-8-26(24,25)22-7-3-4-14(22)15(23)21-10-11-5-6-12(17)9-13(11)16(18,19)20/h5-6,9,14H,2-4,7-8,10H2,1H3,(H,21,23). The Balaban J connectivity index is 2.12. The first-order valence-electron chi connectivity index (χ1n) is 8.19. The van der Waals surface area contributed by atoms with Gasteiger partial charge < -0.3 is 5.32 Å². The highest BCUT2D eigenvalue weighted by molar-refractivity contribution is 7.89. The largest absolute Gasteiger partial charge is 0.416 e. The van der Waals surface area contributed by atoms with E-state index in [-0.39, 0.29) is 17.9 Å². The van der Waals surface area contributed by atoms with E-state index in [1.54, 1.807) is 6.92 Å². The van der Waals surface area contributed by atoms with E-state index >= 15 is 0 Å². The van der Waals surface area contributed by atoms with Crippen LogP contribution in [0.2, 0.25) is 0 Å². The number of rotatable bonds is 6. The molecule has 1 amide bonds. The first-order chi connectivity index (χ1) is 12.1. The van der Waals surface area contributed by atoms with Gasteiger partial charge in [-0.1, -0.05) is 13.0 Å². The fourth-order valence-corrected chi connectivity index (χ4v) is 4.72. The van der Waals surface area contributed by atoms with Crippen LogP contribution >= 0.6 is 0 Å². The molecule has 1 saturated heterocycles. The lowest BCUT2D eigenvalue weighted by Gasteiger charge is -2.23. The Labute approximate surface area is 149 Å². The van der Waals surface area contributed by atoms with Gasteiger partial charge in [-0.2, -0.15) is 17.5 Å². The van der Waals surface area contributed by atoms with Gasteiger partial charge in [0.15, 0.2) is 0 Å². The summed E-state index contributed by atoms with van der Waals surface area (Å²) in [6.07, 6.45) is -3.54. The molecule has 1 aromatic rings. The van der Waals surface area contributed by atoms with E-state index in [2.05, 4.69) is 5.32 Å². The number of amides is 1. The second-order valence-electron chi connectivity index (χ2n) is 6.10. The summed E-state index contributed by atoms with van der Waals surface area (Å²) in [5, 5.41) is 2.35. The Morgan fingerprint density at radius 2 is 2.04 bits per heavy atom. The zero-order valence-electron chi connectivity index (χ0n) is 14.1. The second-order valence-corrected chi connectivity index (χ2v) is 8.14. The summed E-state index contributed by atoms with van der Waals surface area (Å²) >= 11 is 0. The summed E-state index contributed by atoms with van der Waals surface area (Å²) in [4.78, 5) is 12.3. The number of hydrogen-bond donors (Lipinski definition) is 1. The van der Waals surface area contributed by atoms with E-state index in [4.69, 9.17) is 0 Å². The lowest BCUT2D eigenvalue weighted by molar-refractivity contribution is -0.138. The zero-order chi connectivity index (χ0) is 19.5. The topological polar surface area (TPSA) is 66.5 Å². The lowest BCUT2D eigenvalue weighted by atomic mass is 10.1. The van der Waals surface area contributed by atoms with E-state index in [0.29, 0.717) is 25.3 Å². The Bertz CT molecular complexity index is 765. The van der Waals surface area contributed by atoms with E-state index in [1.165, 1.54) is 0 Å². The minimum atomic E-state index is -4.76. The highest BCUT2D eigenvalue weighted by Crippen LogP contribution is 2.32. The predicted molar refractivity (Wildman–Crippen MR) is 87.1 cm³/mol. The van der Waals surface area contributed by atoms with Crippen molar-refractivity contribution in [1.29, 1.82) is 0 Å². The van der Waals surface area contributed by atoms with Crippen molar-refractivity contribution >= 4 is 15.9 Å². The lowest BCUT2D eigenvalue weighted by Crippen LogP contribution is -2.46. The van der Waals surface area contributed by atoms with Gasteiger partial charge in [0.25, 0.3) is 0 Å². The molecule has 1 aromatic carbocycles. The van der Waals surface area contributed by atoms with E-state index < -0.39 is 46.1 Å². The van der Waals surface area contributed by atoms with Crippen LogP contribution < -0.4 is 5.32 Å². The Hall–Kier alpha value is -1.68. The van der Waals surface area contributed by atoms with Gasteiger partial charge in [-0.15, -0.1) is 0 Å². The van der Waals surface area contributed by atoms with Gasteiger partial charge in [0, 0.05) is 13.1 Å². The van der Waals surface area contributed by atoms with Gasteiger partial charge in [0.05, 0.1) is 11.3 Å². The maximum Gasteiger partial charge on any atom is 0.416 e. The first-order valence-corrected chi connectivity index (χ1v) is 9.80. The summed E-state index contributed by atoms with van der Waals surface area (Å²) in [6, 6.07) is 1.28. The second kappa shape index (κ2) is 7.91. The number of alkyl halides is 3. The Kier molecular flexibility index (Phi) is 6.28. The minimum absolute atomic E-state index is 0.0903. The fraction of sp³-hybridized carbons (Fsp3) is 0.562. The van der Waals surface area contributed by atoms with Gasteiger partial charge in [0.2, 0.25) is 15.9 Å². The molecule has 1 N–H and O–H groups in total. The molecule has 1 aliphatic rings. The number of nitrogens with one attached hydrogen (secondary N) is 1. The first kappa shape index (κ1) is 20.6. The van der Waals surface area contributed by atoms with Crippen LogP contribution in [0.25, 0.3) is 0 Å². The number of sulfonamides is 1. The molecule has 0 aromatic heterocycles. The van der Waals surface area contributed by atoms with Crippen molar-refractivity contribution in [3.05, 3.63) is 35.1 Å². The number of benzene rings is 1. The smallest absolute Gasteiger partial charge is 0.351 e. The van der Waals surface area contributed by atoms with Crippen LogP contribution in [-0.2, 0) is 27.5 Å². The van der Waals surface area contributed by atoms with Crippen molar-refractivity contribution < 1.29 is 30.8 Å². The van der Waals surface area contributed by atoms with Crippen molar-refractivity contribution in [2.24, 2.45) is 0 Å². The fourth-order valence-electron chi connectivity index (χ4n) is 2.98. The Morgan fingerprint density at radius 3 is 2.65 bits per heavy atom. The third kappa shape index (κ3) is 4.73. The number of carbonyl (C=O) groups excluding carboxylic acids is 1. The van der Waals surface area contributed by atoms with Crippen molar-refractivity contribution in [3.8, 4) is 0 Å². The molecule has 1 fully saturated rings. The molecule has 0 radical (unpaired) electrons. The van der Waals surface area contributed by atoms with Crippen molar-refractivity contribution in [2.45, 2.75) is 44.9 Å². The summed E-state index contributed by atoms with van der Waals surface area (Å²) in [5.41, 5.74) is -1.45. The summed E-state index contributed by atoms with van der Waals surface area (Å²) in [5.74, 6) is -1.77. The van der Waals surface area contributed by atoms with Crippen molar-refractivity contribution in [1.82, 2.24) is 9.62 Å². The number of halogens is 4. The van der Waals surface area contributed by atoms with Crippen LogP contribution in [-0.4, -0.2) is 37.0 Å². The van der Waals surface area contributed by atoms with Crippen LogP contribution in [0.4, 0.5) is 17.6 Å². The van der Waals surface area contributed by atoms with Crippen LogP contribution in [0.1, 0.15) is 37.3 Å². The summed E-state index contributed by atoms with van der Waals surface area (Å²) < 4.78 is 77.6. The van der Waals surface area contributed by atoms with Crippen molar-refractivity contribution in [2.75, 3.05) is 12.3 Å². The molecule has 0 saturated carbocycles. The van der Waals surface area contributed by atoms with Crippen LogP contribution in [0.5, 0.6) is 0 Å². The molecule has 0 bridgehead atoms. The summed E-state index contributed by atoms with van der Waals surface area (Å²) in [6.45, 7) is 1.45. The zero-order valence-corrected chi connectivity index (χ0v) is 15.0. The van der Waals surface area contributed by atoms with Gasteiger partial charge in [-0.3, -0.25) is 4.79 Å². The number of nitrogens with zero attached hydrogens (tertiary/aromatic N) is 1. The van der Waals surface area contributed by atoms with Gasteiger partial charge >= 0.3 is 6.18 Å². The van der Waals surface area contributed by atoms with E-state index in [9.17, 15) is 30.8 Å². The Morgan fingerprint density at radius 1 is 1.35 bits per heavy atom. The SMILES string of the molecule is CCCS(=O)(=O)N1CCCC1C(=O)NCc1ccc(F)cc1C(F)(F)F. The molecular formula is C16H20F4N2O3S. The van der Waals surface area contributed by atoms with Gasteiger partial charge in [-0.25, -0.2) is 12.8 Å².